The average molecular weight is 200 g/mol. The van der Waals surface area contributed by atoms with Crippen LogP contribution in [0.5, 0.6) is 0 Å². The molecule has 0 aliphatic carbocycles. The lowest BCUT2D eigenvalue weighted by Crippen LogP contribution is -2.56. The van der Waals surface area contributed by atoms with Gasteiger partial charge in [0, 0.05) is 0 Å². The first-order valence-electron chi connectivity index (χ1n) is 2.24. The lowest BCUT2D eigenvalue weighted by molar-refractivity contribution is -0.521. The Balaban J connectivity index is 4.95. The summed E-state index contributed by atoms with van der Waals surface area (Å²) < 4.78 is 68.7. The van der Waals surface area contributed by atoms with Gasteiger partial charge >= 0.3 is 18.1 Å². The van der Waals surface area contributed by atoms with Gasteiger partial charge in [-0.1, -0.05) is 0 Å². The van der Waals surface area contributed by atoms with Gasteiger partial charge in [-0.2, -0.15) is 31.2 Å². The molecule has 1 unspecified atom stereocenters. The van der Waals surface area contributed by atoms with Crippen LogP contribution in [-0.2, 0) is 4.89 Å². The summed E-state index contributed by atoms with van der Waals surface area (Å²) in [5, 5.41) is 14.6. The third-order valence-electron chi connectivity index (χ3n) is 0.877. The van der Waals surface area contributed by atoms with E-state index in [0.29, 0.717) is 0 Å². The van der Waals surface area contributed by atoms with Crippen LogP contribution in [0.15, 0.2) is 0 Å². The van der Waals surface area contributed by atoms with Gasteiger partial charge in [0.1, 0.15) is 0 Å². The molecule has 0 saturated carbocycles. The van der Waals surface area contributed by atoms with Crippen molar-refractivity contribution in [1.82, 2.24) is 0 Å². The molecule has 0 fully saturated rings. The maximum atomic E-state index is 11.9. The van der Waals surface area contributed by atoms with E-state index in [-0.39, 0.29) is 0 Å². The maximum absolute atomic E-state index is 11.9. The Morgan fingerprint density at radius 3 is 1.25 bits per heavy atom. The van der Waals surface area contributed by atoms with E-state index in [9.17, 15) is 26.3 Å². The Labute approximate surface area is 61.1 Å². The van der Waals surface area contributed by atoms with E-state index in [1.54, 1.807) is 0 Å². The summed E-state index contributed by atoms with van der Waals surface area (Å²) in [7, 11) is 0. The van der Waals surface area contributed by atoms with Crippen LogP contribution in [0.4, 0.5) is 26.3 Å². The van der Waals surface area contributed by atoms with Gasteiger partial charge in [-0.25, -0.2) is 5.26 Å². The fourth-order valence-electron chi connectivity index (χ4n) is 0.277. The van der Waals surface area contributed by atoms with E-state index in [1.807, 2.05) is 4.89 Å². The summed E-state index contributed by atoms with van der Waals surface area (Å²) in [6.07, 6.45) is -12.1. The summed E-state index contributed by atoms with van der Waals surface area (Å²) in [6.45, 7) is 0. The van der Waals surface area contributed by atoms with E-state index in [4.69, 9.17) is 10.4 Å². The minimum absolute atomic E-state index is 1.88. The first-order chi connectivity index (χ1) is 5.06. The minimum atomic E-state index is -6.25. The van der Waals surface area contributed by atoms with Crippen molar-refractivity contribution in [1.29, 1.82) is 0 Å². The van der Waals surface area contributed by atoms with E-state index in [2.05, 4.69) is 0 Å². The van der Waals surface area contributed by atoms with Crippen molar-refractivity contribution >= 4 is 0 Å². The van der Waals surface area contributed by atoms with E-state index in [1.165, 1.54) is 0 Å². The molecule has 0 aliphatic rings. The summed E-state index contributed by atoms with van der Waals surface area (Å²) in [4.78, 5) is 1.88. The van der Waals surface area contributed by atoms with Crippen molar-refractivity contribution in [3.8, 4) is 0 Å². The number of rotatable bonds is 2. The fraction of sp³-hybridized carbons (Fsp3) is 1.00. The molecule has 0 heterocycles. The number of halogens is 6. The summed E-state index contributed by atoms with van der Waals surface area (Å²) in [5.74, 6) is -5.81. The Hall–Kier alpha value is -0.540. The molecule has 0 saturated heterocycles. The Kier molecular flexibility index (Phi) is 2.62. The zero-order valence-electron chi connectivity index (χ0n) is 5.07. The first-order valence-corrected chi connectivity index (χ1v) is 2.24. The van der Waals surface area contributed by atoms with Crippen LogP contribution in [0, 0.1) is 0 Å². The second-order valence-corrected chi connectivity index (χ2v) is 1.73. The zero-order chi connectivity index (χ0) is 10.2. The van der Waals surface area contributed by atoms with Crippen LogP contribution >= 0.6 is 0 Å². The Morgan fingerprint density at radius 2 is 1.25 bits per heavy atom. The molecule has 3 nitrogen and oxygen atoms in total. The molecule has 2 N–H and O–H groups in total. The third kappa shape index (κ3) is 1.62. The van der Waals surface area contributed by atoms with Crippen LogP contribution < -0.4 is 0 Å². The van der Waals surface area contributed by atoms with Crippen molar-refractivity contribution in [2.24, 2.45) is 0 Å². The average Bonchev–Trinajstić information content (AvgIpc) is 1.81. The number of hydrogen-bond donors (Lipinski definition) is 2. The highest BCUT2D eigenvalue weighted by atomic mass is 19.4. The quantitative estimate of drug-likeness (QED) is 0.401. The number of alkyl halides is 6. The topological polar surface area (TPSA) is 49.7 Å². The molecule has 0 radical (unpaired) electrons. The molecular formula is C3H2F6O3. The van der Waals surface area contributed by atoms with Crippen LogP contribution in [-0.4, -0.2) is 28.5 Å². The van der Waals surface area contributed by atoms with E-state index < -0.39 is 18.1 Å². The Morgan fingerprint density at radius 1 is 0.917 bits per heavy atom. The second-order valence-electron chi connectivity index (χ2n) is 1.73. The van der Waals surface area contributed by atoms with Gasteiger partial charge < -0.3 is 5.11 Å². The molecule has 0 aromatic rings. The molecule has 0 rings (SSSR count). The van der Waals surface area contributed by atoms with Gasteiger partial charge in [-0.05, 0) is 0 Å². The van der Waals surface area contributed by atoms with Gasteiger partial charge in [0.15, 0.2) is 0 Å². The standard InChI is InChI=1S/C3H2F6O3/c4-1(12-11,2(5,6)7)3(8,9)10/h10-11H. The molecule has 0 spiro atoms. The zero-order valence-corrected chi connectivity index (χ0v) is 5.07. The molecule has 12 heavy (non-hydrogen) atoms. The third-order valence-corrected chi connectivity index (χ3v) is 0.877. The van der Waals surface area contributed by atoms with Gasteiger partial charge in [0.2, 0.25) is 0 Å². The van der Waals surface area contributed by atoms with E-state index >= 15 is 0 Å². The van der Waals surface area contributed by atoms with Crippen molar-refractivity contribution in [2.45, 2.75) is 18.1 Å². The highest BCUT2D eigenvalue weighted by molar-refractivity contribution is 4.83. The summed E-state index contributed by atoms with van der Waals surface area (Å²) in [5.41, 5.74) is 0. The van der Waals surface area contributed by atoms with Crippen LogP contribution in [0.25, 0.3) is 0 Å². The normalized spacial score (nSPS) is 19.0. The highest BCUT2D eigenvalue weighted by Crippen LogP contribution is 2.43. The monoisotopic (exact) mass is 200 g/mol. The van der Waals surface area contributed by atoms with Gasteiger partial charge in [0.25, 0.3) is 0 Å². The molecule has 0 aliphatic heterocycles. The van der Waals surface area contributed by atoms with Gasteiger partial charge in [-0.3, -0.25) is 0 Å². The van der Waals surface area contributed by atoms with Crippen molar-refractivity contribution in [3.05, 3.63) is 0 Å². The fourth-order valence-corrected chi connectivity index (χ4v) is 0.277. The Bertz CT molecular complexity index is 144. The molecule has 0 aromatic carbocycles. The molecule has 0 aromatic heterocycles. The molecular weight excluding hydrogens is 198 g/mol. The highest BCUT2D eigenvalue weighted by Gasteiger charge is 2.74. The summed E-state index contributed by atoms with van der Waals surface area (Å²) >= 11 is 0. The van der Waals surface area contributed by atoms with Crippen LogP contribution in [0.2, 0.25) is 0 Å². The molecule has 9 heteroatoms. The molecule has 1 atom stereocenters. The van der Waals surface area contributed by atoms with Gasteiger partial charge in [-0.15, -0.1) is 0 Å². The lowest BCUT2D eigenvalue weighted by Gasteiger charge is -2.27. The van der Waals surface area contributed by atoms with Crippen molar-refractivity contribution in [2.75, 3.05) is 0 Å². The molecule has 0 amide bonds. The SMILES string of the molecule is OOC(F)(C(O)(F)F)C(F)(F)F. The molecule has 74 valence electrons. The van der Waals surface area contributed by atoms with Crippen LogP contribution in [0.3, 0.4) is 0 Å². The molecule has 0 bridgehead atoms. The number of aliphatic hydroxyl groups is 1. The maximum Gasteiger partial charge on any atom is 0.460 e. The van der Waals surface area contributed by atoms with E-state index in [0.717, 1.165) is 0 Å². The van der Waals surface area contributed by atoms with Crippen LogP contribution in [0.1, 0.15) is 0 Å². The minimum Gasteiger partial charge on any atom is -0.331 e. The van der Waals surface area contributed by atoms with Gasteiger partial charge in [0.05, 0.1) is 0 Å². The smallest absolute Gasteiger partial charge is 0.331 e. The summed E-state index contributed by atoms with van der Waals surface area (Å²) in [6, 6.07) is 0. The second kappa shape index (κ2) is 2.75. The number of hydrogen-bond acceptors (Lipinski definition) is 3. The van der Waals surface area contributed by atoms with Crippen molar-refractivity contribution < 1.29 is 41.6 Å². The van der Waals surface area contributed by atoms with Crippen molar-refractivity contribution in [3.63, 3.8) is 0 Å². The predicted molar refractivity (Wildman–Crippen MR) is 20.8 cm³/mol. The lowest BCUT2D eigenvalue weighted by atomic mass is 10.3. The first kappa shape index (κ1) is 11.5. The predicted octanol–water partition coefficient (Wildman–Crippen LogP) is 1.29. The largest absolute Gasteiger partial charge is 0.460 e.